The second kappa shape index (κ2) is 10.3. The number of para-hydroxylation sites is 1. The van der Waals surface area contributed by atoms with Crippen LogP contribution in [0.25, 0.3) is 0 Å². The van der Waals surface area contributed by atoms with E-state index >= 15 is 0 Å². The monoisotopic (exact) mass is 459 g/mol. The van der Waals surface area contributed by atoms with E-state index in [4.69, 9.17) is 9.47 Å². The van der Waals surface area contributed by atoms with Crippen molar-refractivity contribution in [2.45, 2.75) is 33.1 Å². The van der Waals surface area contributed by atoms with E-state index in [2.05, 4.69) is 22.8 Å². The number of benzene rings is 1. The molecule has 1 aliphatic rings. The number of fused-ring (bicyclic) bond motifs is 1. The van der Waals surface area contributed by atoms with E-state index < -0.39 is 17.8 Å². The van der Waals surface area contributed by atoms with Crippen molar-refractivity contribution in [2.24, 2.45) is 11.0 Å². The number of hydrogen-bond donors (Lipinski definition) is 3. The highest BCUT2D eigenvalue weighted by Gasteiger charge is 2.30. The number of carbonyl (C=O) groups is 3. The van der Waals surface area contributed by atoms with E-state index in [0.29, 0.717) is 22.0 Å². The molecular weight excluding hydrogens is 434 g/mol. The molecule has 2 amide bonds. The lowest BCUT2D eigenvalue weighted by Crippen LogP contribution is -2.32. The van der Waals surface area contributed by atoms with Crippen LogP contribution >= 0.6 is 11.3 Å². The van der Waals surface area contributed by atoms with Crippen molar-refractivity contribution in [3.05, 3.63) is 39.8 Å². The molecular formula is C22H25N3O6S. The van der Waals surface area contributed by atoms with Gasteiger partial charge in [-0.05, 0) is 49.8 Å². The molecule has 0 bridgehead atoms. The Morgan fingerprint density at radius 2 is 2.09 bits per heavy atom. The summed E-state index contributed by atoms with van der Waals surface area (Å²) in [4.78, 5) is 38.2. The number of rotatable bonds is 6. The molecule has 0 saturated carbocycles. The summed E-state index contributed by atoms with van der Waals surface area (Å²) in [6.45, 7) is 4.05. The minimum Gasteiger partial charge on any atom is -0.504 e. The smallest absolute Gasteiger partial charge is 0.341 e. The Hall–Kier alpha value is -3.40. The topological polar surface area (TPSA) is 126 Å². The van der Waals surface area contributed by atoms with Crippen molar-refractivity contribution in [1.82, 2.24) is 5.43 Å². The van der Waals surface area contributed by atoms with Gasteiger partial charge in [-0.1, -0.05) is 13.0 Å². The second-order valence-corrected chi connectivity index (χ2v) is 8.43. The number of ether oxygens (including phenoxy) is 2. The molecule has 10 heteroatoms. The Labute approximate surface area is 189 Å². The van der Waals surface area contributed by atoms with E-state index in [0.717, 1.165) is 29.7 Å². The van der Waals surface area contributed by atoms with Crippen LogP contribution in [0.15, 0.2) is 23.3 Å². The zero-order chi connectivity index (χ0) is 23.3. The summed E-state index contributed by atoms with van der Waals surface area (Å²) < 4.78 is 10.2. The first-order valence-corrected chi connectivity index (χ1v) is 11.0. The van der Waals surface area contributed by atoms with E-state index in [1.54, 1.807) is 25.1 Å². The van der Waals surface area contributed by atoms with Gasteiger partial charge in [-0.2, -0.15) is 5.10 Å². The number of carbonyl (C=O) groups excluding carboxylic acids is 3. The number of esters is 1. The number of methoxy groups -OCH3 is 1. The highest BCUT2D eigenvalue weighted by molar-refractivity contribution is 7.17. The third kappa shape index (κ3) is 5.08. The first-order chi connectivity index (χ1) is 15.3. The number of nitrogens with one attached hydrogen (secondary N) is 2. The number of thiophene rings is 1. The van der Waals surface area contributed by atoms with Crippen molar-refractivity contribution in [2.75, 3.05) is 19.0 Å². The SMILES string of the molecule is CCOC(=O)c1c(NC(=O)C(=O)N/N=C/c2cccc(OC)c2O)sc2c1CCC(C)C2. The van der Waals surface area contributed by atoms with Crippen LogP contribution in [0.3, 0.4) is 0 Å². The summed E-state index contributed by atoms with van der Waals surface area (Å²) in [5.41, 5.74) is 3.62. The summed E-state index contributed by atoms with van der Waals surface area (Å²) in [7, 11) is 1.41. The van der Waals surface area contributed by atoms with Gasteiger partial charge in [0.1, 0.15) is 5.00 Å². The fourth-order valence-corrected chi connectivity index (χ4v) is 4.83. The summed E-state index contributed by atoms with van der Waals surface area (Å²) in [6, 6.07) is 4.78. The molecule has 3 N–H and O–H groups in total. The lowest BCUT2D eigenvalue weighted by Gasteiger charge is -2.18. The molecule has 1 atom stereocenters. The second-order valence-electron chi connectivity index (χ2n) is 7.33. The Kier molecular flexibility index (Phi) is 7.47. The fraction of sp³-hybridized carbons (Fsp3) is 0.364. The summed E-state index contributed by atoms with van der Waals surface area (Å²) in [5.74, 6) is -1.91. The van der Waals surface area contributed by atoms with Crippen molar-refractivity contribution < 1.29 is 29.0 Å². The number of amides is 2. The first-order valence-electron chi connectivity index (χ1n) is 10.2. The average Bonchev–Trinajstić information content (AvgIpc) is 3.11. The molecule has 0 spiro atoms. The molecule has 1 unspecified atom stereocenters. The third-order valence-corrected chi connectivity index (χ3v) is 6.21. The molecule has 1 aliphatic carbocycles. The number of aromatic hydroxyl groups is 1. The van der Waals surface area contributed by atoms with Crippen molar-refractivity contribution in [3.63, 3.8) is 0 Å². The maximum atomic E-state index is 12.5. The zero-order valence-electron chi connectivity index (χ0n) is 18.1. The number of phenols is 1. The predicted octanol–water partition coefficient (Wildman–Crippen LogP) is 2.85. The molecule has 0 radical (unpaired) electrons. The van der Waals surface area contributed by atoms with Gasteiger partial charge in [0.15, 0.2) is 11.5 Å². The normalized spacial score (nSPS) is 15.2. The maximum Gasteiger partial charge on any atom is 0.341 e. The summed E-state index contributed by atoms with van der Waals surface area (Å²) in [5, 5.41) is 16.6. The molecule has 0 saturated heterocycles. The molecule has 9 nitrogen and oxygen atoms in total. The van der Waals surface area contributed by atoms with Gasteiger partial charge in [-0.15, -0.1) is 11.3 Å². The Bertz CT molecular complexity index is 1060. The summed E-state index contributed by atoms with van der Waals surface area (Å²) in [6.07, 6.45) is 3.66. The molecule has 32 heavy (non-hydrogen) atoms. The largest absolute Gasteiger partial charge is 0.504 e. The third-order valence-electron chi connectivity index (χ3n) is 5.04. The van der Waals surface area contributed by atoms with Crippen molar-refractivity contribution >= 4 is 40.3 Å². The van der Waals surface area contributed by atoms with Crippen molar-refractivity contribution in [3.8, 4) is 11.5 Å². The molecule has 2 aromatic rings. The van der Waals surface area contributed by atoms with Crippen LogP contribution in [0.5, 0.6) is 11.5 Å². The average molecular weight is 460 g/mol. The minimum atomic E-state index is -1.02. The Morgan fingerprint density at radius 3 is 2.81 bits per heavy atom. The van der Waals surface area contributed by atoms with Gasteiger partial charge in [0.05, 0.1) is 25.5 Å². The van der Waals surface area contributed by atoms with Crippen LogP contribution in [-0.2, 0) is 27.2 Å². The number of anilines is 1. The molecule has 1 heterocycles. The van der Waals surface area contributed by atoms with Gasteiger partial charge in [0.2, 0.25) is 0 Å². The molecule has 3 rings (SSSR count). The van der Waals surface area contributed by atoms with Gasteiger partial charge in [0, 0.05) is 10.4 Å². The van der Waals surface area contributed by atoms with Crippen molar-refractivity contribution in [1.29, 1.82) is 0 Å². The molecule has 1 aromatic heterocycles. The minimum absolute atomic E-state index is 0.144. The molecule has 0 aliphatic heterocycles. The van der Waals surface area contributed by atoms with Gasteiger partial charge in [0.25, 0.3) is 0 Å². The first kappa shape index (κ1) is 23.3. The van der Waals surface area contributed by atoms with Crippen LogP contribution in [0.4, 0.5) is 5.00 Å². The van der Waals surface area contributed by atoms with Crippen LogP contribution in [-0.4, -0.2) is 42.8 Å². The molecule has 170 valence electrons. The van der Waals surface area contributed by atoms with Gasteiger partial charge in [-0.25, -0.2) is 10.2 Å². The lowest BCUT2D eigenvalue weighted by molar-refractivity contribution is -0.136. The zero-order valence-corrected chi connectivity index (χ0v) is 18.9. The van der Waals surface area contributed by atoms with Crippen LogP contribution in [0, 0.1) is 5.92 Å². The van der Waals surface area contributed by atoms with Crippen LogP contribution in [0.1, 0.15) is 46.6 Å². The van der Waals surface area contributed by atoms with E-state index in [1.807, 2.05) is 0 Å². The van der Waals surface area contributed by atoms with Crippen LogP contribution in [0.2, 0.25) is 0 Å². The van der Waals surface area contributed by atoms with E-state index in [9.17, 15) is 19.5 Å². The standard InChI is InChI=1S/C22H25N3O6S/c1-4-31-22(29)17-14-9-8-12(2)10-16(14)32-21(17)24-19(27)20(28)25-23-11-13-6-5-7-15(30-3)18(13)26/h5-7,11-12,26H,4,8-10H2,1-3H3,(H,24,27)(H,25,28)/b23-11+. The van der Waals surface area contributed by atoms with Gasteiger partial charge >= 0.3 is 17.8 Å². The van der Waals surface area contributed by atoms with Gasteiger partial charge < -0.3 is 19.9 Å². The van der Waals surface area contributed by atoms with Crippen LogP contribution < -0.4 is 15.5 Å². The number of phenolic OH excluding ortho intramolecular Hbond substituents is 1. The molecule has 1 aromatic carbocycles. The number of hydrogen-bond acceptors (Lipinski definition) is 8. The predicted molar refractivity (Wildman–Crippen MR) is 120 cm³/mol. The maximum absolute atomic E-state index is 12.5. The lowest BCUT2D eigenvalue weighted by atomic mass is 9.88. The van der Waals surface area contributed by atoms with Gasteiger partial charge in [-0.3, -0.25) is 9.59 Å². The van der Waals surface area contributed by atoms with E-state index in [1.165, 1.54) is 24.7 Å². The Balaban J connectivity index is 1.72. The molecule has 0 fully saturated rings. The fourth-order valence-electron chi connectivity index (χ4n) is 3.44. The quantitative estimate of drug-likeness (QED) is 0.264. The number of nitrogens with zero attached hydrogens (tertiary/aromatic N) is 1. The Morgan fingerprint density at radius 1 is 1.31 bits per heavy atom. The highest BCUT2D eigenvalue weighted by Crippen LogP contribution is 2.40. The number of hydrazone groups is 1. The summed E-state index contributed by atoms with van der Waals surface area (Å²) >= 11 is 1.29. The van der Waals surface area contributed by atoms with E-state index in [-0.39, 0.29) is 18.1 Å². The highest BCUT2D eigenvalue weighted by atomic mass is 32.1.